The number of carbonyl (C=O) groups is 1. The summed E-state index contributed by atoms with van der Waals surface area (Å²) in [4.78, 5) is 28.2. The Morgan fingerprint density at radius 1 is 0.961 bits per heavy atom. The predicted octanol–water partition coefficient (Wildman–Crippen LogP) is 7.59. The van der Waals surface area contributed by atoms with E-state index in [-0.39, 0.29) is 23.6 Å². The number of hydrogen-bond donors (Lipinski definition) is 1. The SMILES string of the molecule is Cc1ccc2c(CS(=O)(=O)Cc3ccccc3C#N)cccc2c1Oc1ncccc1-c1ccnc(N[C@H]2CCCN(C(=O)OC(C)(C)C)C2)n1. The molecule has 11 nitrogen and oxygen atoms in total. The van der Waals surface area contributed by atoms with E-state index in [1.807, 2.05) is 58.0 Å². The highest BCUT2D eigenvalue weighted by atomic mass is 32.2. The third-order valence-electron chi connectivity index (χ3n) is 8.50. The minimum atomic E-state index is -3.62. The van der Waals surface area contributed by atoms with Crippen LogP contribution in [-0.4, -0.2) is 59.1 Å². The molecule has 3 heterocycles. The minimum Gasteiger partial charge on any atom is -0.444 e. The number of nitriles is 1. The maximum absolute atomic E-state index is 13.4. The van der Waals surface area contributed by atoms with Crippen LogP contribution in [0.15, 0.2) is 85.2 Å². The number of anilines is 1. The highest BCUT2D eigenvalue weighted by Crippen LogP contribution is 2.38. The smallest absolute Gasteiger partial charge is 0.410 e. The summed E-state index contributed by atoms with van der Waals surface area (Å²) in [6, 6.07) is 23.6. The Morgan fingerprint density at radius 3 is 2.55 bits per heavy atom. The van der Waals surface area contributed by atoms with Crippen LogP contribution in [0.25, 0.3) is 22.0 Å². The van der Waals surface area contributed by atoms with E-state index in [0.29, 0.717) is 58.6 Å². The average molecular weight is 705 g/mol. The van der Waals surface area contributed by atoms with Gasteiger partial charge >= 0.3 is 6.09 Å². The molecule has 51 heavy (non-hydrogen) atoms. The molecule has 0 radical (unpaired) electrons. The number of ether oxygens (including phenoxy) is 2. The number of nitrogens with zero attached hydrogens (tertiary/aromatic N) is 5. The van der Waals surface area contributed by atoms with Gasteiger partial charge in [0, 0.05) is 36.9 Å². The molecular weight excluding hydrogens is 665 g/mol. The quantitative estimate of drug-likeness (QED) is 0.163. The van der Waals surface area contributed by atoms with Crippen LogP contribution in [0.2, 0.25) is 0 Å². The van der Waals surface area contributed by atoms with Crippen molar-refractivity contribution >= 4 is 32.7 Å². The molecule has 5 aromatic rings. The van der Waals surface area contributed by atoms with Gasteiger partial charge in [-0.25, -0.2) is 28.2 Å². The summed E-state index contributed by atoms with van der Waals surface area (Å²) in [6.45, 7) is 8.60. The molecule has 3 aromatic carbocycles. The van der Waals surface area contributed by atoms with Gasteiger partial charge in [-0.1, -0.05) is 48.5 Å². The molecule has 262 valence electrons. The Balaban J connectivity index is 1.24. The molecule has 0 bridgehead atoms. The topological polar surface area (TPSA) is 147 Å². The van der Waals surface area contributed by atoms with E-state index in [1.165, 1.54) is 0 Å². The third-order valence-corrected chi connectivity index (χ3v) is 10.00. The van der Waals surface area contributed by atoms with Crippen molar-refractivity contribution in [3.8, 4) is 29.0 Å². The zero-order chi connectivity index (χ0) is 36.2. The second kappa shape index (κ2) is 14.7. The van der Waals surface area contributed by atoms with E-state index in [2.05, 4.69) is 21.4 Å². The molecule has 1 amide bonds. The maximum Gasteiger partial charge on any atom is 0.410 e. The van der Waals surface area contributed by atoms with Gasteiger partial charge in [-0.05, 0) is 86.9 Å². The summed E-state index contributed by atoms with van der Waals surface area (Å²) in [6.07, 6.45) is 4.65. The molecule has 6 rings (SSSR count). The number of carbonyl (C=O) groups excluding carboxylic acids is 1. The molecule has 12 heteroatoms. The van der Waals surface area contributed by atoms with E-state index in [0.717, 1.165) is 29.2 Å². The number of pyridine rings is 1. The number of aryl methyl sites for hydroxylation is 1. The van der Waals surface area contributed by atoms with Gasteiger partial charge < -0.3 is 19.7 Å². The van der Waals surface area contributed by atoms with Gasteiger partial charge in [-0.2, -0.15) is 5.26 Å². The second-order valence-corrected chi connectivity index (χ2v) is 15.7. The molecule has 1 saturated heterocycles. The first-order chi connectivity index (χ1) is 24.4. The van der Waals surface area contributed by atoms with Crippen LogP contribution in [0.3, 0.4) is 0 Å². The van der Waals surface area contributed by atoms with Crippen molar-refractivity contribution in [2.45, 2.75) is 63.7 Å². The lowest BCUT2D eigenvalue weighted by molar-refractivity contribution is 0.0206. The molecule has 1 N–H and O–H groups in total. The van der Waals surface area contributed by atoms with E-state index >= 15 is 0 Å². The first-order valence-corrected chi connectivity index (χ1v) is 18.6. The van der Waals surface area contributed by atoms with Crippen LogP contribution in [0.1, 0.15) is 55.9 Å². The van der Waals surface area contributed by atoms with Gasteiger partial charge in [0.15, 0.2) is 9.84 Å². The van der Waals surface area contributed by atoms with Gasteiger partial charge in [-0.3, -0.25) is 0 Å². The standard InChI is InChI=1S/C39H40N6O5S/c1-26-16-17-31-29(25-51(47,48)24-28-11-6-5-10-27(28)22-40)12-7-14-32(31)35(26)49-36-33(15-8-19-41-36)34-18-20-42-37(44-34)43-30-13-9-21-45(23-30)38(46)50-39(2,3)4/h5-8,10-12,14-20,30H,9,13,21,23-25H2,1-4H3,(H,42,43,44)/t30-/m0/s1. The molecule has 2 aromatic heterocycles. The van der Waals surface area contributed by atoms with Gasteiger partial charge in [-0.15, -0.1) is 0 Å². The third kappa shape index (κ3) is 8.61. The molecule has 1 aliphatic rings. The molecule has 0 unspecified atom stereocenters. The fourth-order valence-electron chi connectivity index (χ4n) is 6.16. The van der Waals surface area contributed by atoms with Crippen molar-refractivity contribution in [3.63, 3.8) is 0 Å². The van der Waals surface area contributed by atoms with Crippen LogP contribution in [0.4, 0.5) is 10.7 Å². The summed E-state index contributed by atoms with van der Waals surface area (Å²) in [7, 11) is -3.62. The number of hydrogen-bond acceptors (Lipinski definition) is 10. The normalized spacial score (nSPS) is 14.9. The lowest BCUT2D eigenvalue weighted by Gasteiger charge is -2.34. The van der Waals surface area contributed by atoms with Crippen LogP contribution in [0, 0.1) is 18.3 Å². The fourth-order valence-corrected chi connectivity index (χ4v) is 7.71. The molecule has 1 aliphatic heterocycles. The monoisotopic (exact) mass is 704 g/mol. The average Bonchev–Trinajstić information content (AvgIpc) is 3.09. The van der Waals surface area contributed by atoms with Crippen molar-refractivity contribution in [1.82, 2.24) is 19.9 Å². The summed E-state index contributed by atoms with van der Waals surface area (Å²) >= 11 is 0. The zero-order valence-corrected chi connectivity index (χ0v) is 29.9. The summed E-state index contributed by atoms with van der Waals surface area (Å²) in [5.74, 6) is 0.867. The summed E-state index contributed by atoms with van der Waals surface area (Å²) in [5, 5.41) is 14.3. The number of likely N-dealkylation sites (tertiary alicyclic amines) is 1. The van der Waals surface area contributed by atoms with E-state index < -0.39 is 15.4 Å². The Bertz CT molecular complexity index is 2230. The molecule has 1 fully saturated rings. The lowest BCUT2D eigenvalue weighted by Crippen LogP contribution is -2.47. The maximum atomic E-state index is 13.4. The van der Waals surface area contributed by atoms with Gasteiger partial charge in [0.05, 0.1) is 34.4 Å². The fraction of sp³-hybridized carbons (Fsp3) is 0.308. The minimum absolute atomic E-state index is 0.0523. The van der Waals surface area contributed by atoms with E-state index in [9.17, 15) is 18.5 Å². The van der Waals surface area contributed by atoms with Crippen molar-refractivity contribution < 1.29 is 22.7 Å². The molecule has 0 saturated carbocycles. The number of sulfone groups is 1. The van der Waals surface area contributed by atoms with Gasteiger partial charge in [0.1, 0.15) is 11.4 Å². The molecule has 0 spiro atoms. The van der Waals surface area contributed by atoms with Crippen molar-refractivity contribution in [2.24, 2.45) is 0 Å². The number of benzene rings is 3. The van der Waals surface area contributed by atoms with Gasteiger partial charge in [0.25, 0.3) is 0 Å². The van der Waals surface area contributed by atoms with Crippen LogP contribution in [-0.2, 0) is 26.1 Å². The van der Waals surface area contributed by atoms with Gasteiger partial charge in [0.2, 0.25) is 11.8 Å². The number of aromatic nitrogens is 3. The Morgan fingerprint density at radius 2 is 1.75 bits per heavy atom. The Hall–Kier alpha value is -5.54. The predicted molar refractivity (Wildman–Crippen MR) is 196 cm³/mol. The highest BCUT2D eigenvalue weighted by molar-refractivity contribution is 7.89. The summed E-state index contributed by atoms with van der Waals surface area (Å²) < 4.78 is 38.9. The van der Waals surface area contributed by atoms with E-state index in [4.69, 9.17) is 14.5 Å². The van der Waals surface area contributed by atoms with Crippen molar-refractivity contribution in [1.29, 1.82) is 5.26 Å². The first-order valence-electron chi connectivity index (χ1n) is 16.8. The number of rotatable bonds is 9. The number of piperidine rings is 1. The van der Waals surface area contributed by atoms with Crippen LogP contribution < -0.4 is 10.1 Å². The molecular formula is C39H40N6O5S. The summed E-state index contributed by atoms with van der Waals surface area (Å²) in [5.41, 5.74) is 2.98. The zero-order valence-electron chi connectivity index (χ0n) is 29.1. The van der Waals surface area contributed by atoms with Crippen molar-refractivity contribution in [2.75, 3.05) is 18.4 Å². The highest BCUT2D eigenvalue weighted by Gasteiger charge is 2.28. The molecule has 0 aliphatic carbocycles. The van der Waals surface area contributed by atoms with Crippen LogP contribution in [0.5, 0.6) is 11.6 Å². The van der Waals surface area contributed by atoms with E-state index in [1.54, 1.807) is 59.8 Å². The Kier molecular flexibility index (Phi) is 10.2. The van der Waals surface area contributed by atoms with Crippen molar-refractivity contribution in [3.05, 3.63) is 107 Å². The Labute approximate surface area is 298 Å². The largest absolute Gasteiger partial charge is 0.444 e. The molecule has 1 atom stereocenters. The van der Waals surface area contributed by atoms with Crippen LogP contribution >= 0.6 is 0 Å². The first kappa shape index (κ1) is 35.3. The number of fused-ring (bicyclic) bond motifs is 1. The second-order valence-electron chi connectivity index (χ2n) is 13.7. The number of amides is 1. The number of nitrogens with one attached hydrogen (secondary N) is 1. The lowest BCUT2D eigenvalue weighted by atomic mass is 10.0.